The largest absolute Gasteiger partial charge is 0.331 e. The second kappa shape index (κ2) is 5.03. The molecule has 0 saturated heterocycles. The second-order valence-electron chi connectivity index (χ2n) is 3.62. The molecule has 0 bridgehead atoms. The molecule has 3 nitrogen and oxygen atoms in total. The SMILES string of the molecule is CC(NC(=O)N(C)C)c1ccc(Cl)cc1. The number of rotatable bonds is 2. The van der Waals surface area contributed by atoms with Crippen molar-refractivity contribution in [2.24, 2.45) is 0 Å². The van der Waals surface area contributed by atoms with Crippen molar-refractivity contribution in [1.82, 2.24) is 10.2 Å². The lowest BCUT2D eigenvalue weighted by molar-refractivity contribution is 0.214. The fourth-order valence-corrected chi connectivity index (χ4v) is 1.28. The van der Waals surface area contributed by atoms with Gasteiger partial charge in [0.15, 0.2) is 0 Å². The molecular weight excluding hydrogens is 212 g/mol. The van der Waals surface area contributed by atoms with Gasteiger partial charge in [-0.25, -0.2) is 4.79 Å². The summed E-state index contributed by atoms with van der Waals surface area (Å²) in [6.45, 7) is 1.94. The Bertz CT molecular complexity index is 335. The molecule has 0 aliphatic carbocycles. The van der Waals surface area contributed by atoms with Crippen LogP contribution in [-0.4, -0.2) is 25.0 Å². The van der Waals surface area contributed by atoms with Crippen LogP contribution < -0.4 is 5.32 Å². The van der Waals surface area contributed by atoms with E-state index in [1.165, 1.54) is 4.90 Å². The lowest BCUT2D eigenvalue weighted by Crippen LogP contribution is -2.36. The summed E-state index contributed by atoms with van der Waals surface area (Å²) in [7, 11) is 3.42. The summed E-state index contributed by atoms with van der Waals surface area (Å²) in [6, 6.07) is 7.32. The third-order valence-corrected chi connectivity index (χ3v) is 2.37. The molecule has 0 heterocycles. The first kappa shape index (κ1) is 11.9. The zero-order valence-electron chi connectivity index (χ0n) is 9.12. The molecule has 1 aromatic carbocycles. The number of benzene rings is 1. The van der Waals surface area contributed by atoms with Crippen molar-refractivity contribution in [3.8, 4) is 0 Å². The van der Waals surface area contributed by atoms with Crippen LogP contribution >= 0.6 is 11.6 Å². The maximum Gasteiger partial charge on any atom is 0.317 e. The molecule has 4 heteroatoms. The van der Waals surface area contributed by atoms with Gasteiger partial charge < -0.3 is 10.2 Å². The highest BCUT2D eigenvalue weighted by molar-refractivity contribution is 6.30. The number of hydrogen-bond acceptors (Lipinski definition) is 1. The molecule has 0 radical (unpaired) electrons. The van der Waals surface area contributed by atoms with Crippen molar-refractivity contribution >= 4 is 17.6 Å². The Kier molecular flexibility index (Phi) is 3.97. The van der Waals surface area contributed by atoms with Crippen LogP contribution in [0.5, 0.6) is 0 Å². The van der Waals surface area contributed by atoms with Crippen LogP contribution in [0.3, 0.4) is 0 Å². The van der Waals surface area contributed by atoms with Gasteiger partial charge in [0, 0.05) is 19.1 Å². The second-order valence-corrected chi connectivity index (χ2v) is 4.05. The summed E-state index contributed by atoms with van der Waals surface area (Å²) < 4.78 is 0. The molecule has 1 rings (SSSR count). The molecule has 15 heavy (non-hydrogen) atoms. The monoisotopic (exact) mass is 226 g/mol. The quantitative estimate of drug-likeness (QED) is 0.826. The van der Waals surface area contributed by atoms with Gasteiger partial charge in [-0.05, 0) is 24.6 Å². The van der Waals surface area contributed by atoms with Crippen molar-refractivity contribution < 1.29 is 4.79 Å². The van der Waals surface area contributed by atoms with E-state index in [0.717, 1.165) is 5.56 Å². The standard InChI is InChI=1S/C11H15ClN2O/c1-8(13-11(15)14(2)3)9-4-6-10(12)7-5-9/h4-8H,1-3H3,(H,13,15). The molecule has 0 aromatic heterocycles. The number of carbonyl (C=O) groups excluding carboxylic acids is 1. The summed E-state index contributed by atoms with van der Waals surface area (Å²) in [5.74, 6) is 0. The van der Waals surface area contributed by atoms with Crippen molar-refractivity contribution in [3.63, 3.8) is 0 Å². The Labute approximate surface area is 95.0 Å². The Morgan fingerprint density at radius 1 is 1.33 bits per heavy atom. The molecular formula is C11H15ClN2O. The van der Waals surface area contributed by atoms with Crippen LogP contribution in [0.1, 0.15) is 18.5 Å². The first-order valence-corrected chi connectivity index (χ1v) is 5.12. The number of urea groups is 1. The normalized spacial score (nSPS) is 12.0. The fourth-order valence-electron chi connectivity index (χ4n) is 1.15. The lowest BCUT2D eigenvalue weighted by Gasteiger charge is -2.18. The summed E-state index contributed by atoms with van der Waals surface area (Å²) >= 11 is 5.78. The maximum atomic E-state index is 11.4. The minimum absolute atomic E-state index is 0.0165. The van der Waals surface area contributed by atoms with E-state index in [1.54, 1.807) is 14.1 Å². The fraction of sp³-hybridized carbons (Fsp3) is 0.364. The zero-order valence-corrected chi connectivity index (χ0v) is 9.88. The van der Waals surface area contributed by atoms with Crippen LogP contribution in [0.15, 0.2) is 24.3 Å². The minimum Gasteiger partial charge on any atom is -0.331 e. The van der Waals surface area contributed by atoms with E-state index in [1.807, 2.05) is 31.2 Å². The van der Waals surface area contributed by atoms with Crippen molar-refractivity contribution in [2.45, 2.75) is 13.0 Å². The number of hydrogen-bond donors (Lipinski definition) is 1. The number of nitrogens with one attached hydrogen (secondary N) is 1. The summed E-state index contributed by atoms with van der Waals surface area (Å²) in [4.78, 5) is 12.9. The average molecular weight is 227 g/mol. The van der Waals surface area contributed by atoms with Gasteiger partial charge in [0.1, 0.15) is 0 Å². The predicted octanol–water partition coefficient (Wildman–Crippen LogP) is 2.67. The van der Waals surface area contributed by atoms with Gasteiger partial charge >= 0.3 is 6.03 Å². The molecule has 0 aliphatic rings. The van der Waals surface area contributed by atoms with E-state index < -0.39 is 0 Å². The number of carbonyl (C=O) groups is 1. The van der Waals surface area contributed by atoms with Gasteiger partial charge in [-0.1, -0.05) is 23.7 Å². The number of nitrogens with zero attached hydrogens (tertiary/aromatic N) is 1. The molecule has 2 amide bonds. The maximum absolute atomic E-state index is 11.4. The van der Waals surface area contributed by atoms with Gasteiger partial charge in [-0.3, -0.25) is 0 Å². The van der Waals surface area contributed by atoms with Crippen LogP contribution in [-0.2, 0) is 0 Å². The first-order valence-electron chi connectivity index (χ1n) is 4.74. The van der Waals surface area contributed by atoms with Crippen LogP contribution in [0.25, 0.3) is 0 Å². The Morgan fingerprint density at radius 3 is 2.33 bits per heavy atom. The summed E-state index contributed by atoms with van der Waals surface area (Å²) in [6.07, 6.45) is 0. The van der Waals surface area contributed by atoms with E-state index in [-0.39, 0.29) is 12.1 Å². The topological polar surface area (TPSA) is 32.3 Å². The highest BCUT2D eigenvalue weighted by Gasteiger charge is 2.09. The van der Waals surface area contributed by atoms with Gasteiger partial charge in [0.2, 0.25) is 0 Å². The highest BCUT2D eigenvalue weighted by atomic mass is 35.5. The number of amides is 2. The molecule has 0 aliphatic heterocycles. The van der Waals surface area contributed by atoms with Gasteiger partial charge in [-0.15, -0.1) is 0 Å². The van der Waals surface area contributed by atoms with E-state index in [4.69, 9.17) is 11.6 Å². The van der Waals surface area contributed by atoms with E-state index >= 15 is 0 Å². The van der Waals surface area contributed by atoms with Crippen molar-refractivity contribution in [1.29, 1.82) is 0 Å². The molecule has 1 aromatic rings. The van der Waals surface area contributed by atoms with E-state index in [2.05, 4.69) is 5.32 Å². The van der Waals surface area contributed by atoms with E-state index in [0.29, 0.717) is 5.02 Å². The number of halogens is 1. The third kappa shape index (κ3) is 3.44. The molecule has 1 atom stereocenters. The van der Waals surface area contributed by atoms with Gasteiger partial charge in [0.25, 0.3) is 0 Å². The van der Waals surface area contributed by atoms with E-state index in [9.17, 15) is 4.79 Å². The average Bonchev–Trinajstić information content (AvgIpc) is 2.18. The van der Waals surface area contributed by atoms with Crippen molar-refractivity contribution in [2.75, 3.05) is 14.1 Å². The van der Waals surface area contributed by atoms with Gasteiger partial charge in [0.05, 0.1) is 6.04 Å². The smallest absolute Gasteiger partial charge is 0.317 e. The zero-order chi connectivity index (χ0) is 11.4. The summed E-state index contributed by atoms with van der Waals surface area (Å²) in [5, 5.41) is 3.56. The molecule has 0 saturated carbocycles. The molecule has 0 spiro atoms. The predicted molar refractivity (Wildman–Crippen MR) is 62.1 cm³/mol. The van der Waals surface area contributed by atoms with Crippen LogP contribution in [0.2, 0.25) is 5.02 Å². The minimum atomic E-state index is -0.0996. The van der Waals surface area contributed by atoms with Crippen molar-refractivity contribution in [3.05, 3.63) is 34.9 Å². The molecule has 1 N–H and O–H groups in total. The highest BCUT2D eigenvalue weighted by Crippen LogP contribution is 2.15. The van der Waals surface area contributed by atoms with Crippen LogP contribution in [0.4, 0.5) is 4.79 Å². The molecule has 1 unspecified atom stereocenters. The summed E-state index contributed by atoms with van der Waals surface area (Å²) in [5.41, 5.74) is 1.04. The van der Waals surface area contributed by atoms with Crippen LogP contribution in [0, 0.1) is 0 Å². The Hall–Kier alpha value is -1.22. The molecule has 0 fully saturated rings. The lowest BCUT2D eigenvalue weighted by atomic mass is 10.1. The van der Waals surface area contributed by atoms with Gasteiger partial charge in [-0.2, -0.15) is 0 Å². The third-order valence-electron chi connectivity index (χ3n) is 2.12. The first-order chi connectivity index (χ1) is 7.00. The Morgan fingerprint density at radius 2 is 1.87 bits per heavy atom. The molecule has 82 valence electrons. The Balaban J connectivity index is 2.65.